The molecule has 92 valence electrons. The average molecular weight is 223 g/mol. The van der Waals surface area contributed by atoms with Crippen molar-refractivity contribution in [2.24, 2.45) is 11.7 Å². The van der Waals surface area contributed by atoms with Crippen LogP contribution >= 0.6 is 0 Å². The van der Waals surface area contributed by atoms with E-state index in [1.54, 1.807) is 0 Å². The van der Waals surface area contributed by atoms with Crippen molar-refractivity contribution in [3.05, 3.63) is 18.2 Å². The van der Waals surface area contributed by atoms with Gasteiger partial charge in [0.25, 0.3) is 0 Å². The van der Waals surface area contributed by atoms with Gasteiger partial charge in [-0.2, -0.15) is 0 Å². The van der Waals surface area contributed by atoms with Gasteiger partial charge in [-0.05, 0) is 18.8 Å². The molecule has 0 bridgehead atoms. The van der Waals surface area contributed by atoms with Crippen molar-refractivity contribution in [1.29, 1.82) is 0 Å². The van der Waals surface area contributed by atoms with E-state index >= 15 is 0 Å². The summed E-state index contributed by atoms with van der Waals surface area (Å²) >= 11 is 0. The standard InChI is InChI=1S/C13H25N3/c1-4-12(14)13-9-15-10-16(13)8-6-5-7-11(2)3/h9-12H,4-8,14H2,1-3H3/t12-/m1/s1. The maximum Gasteiger partial charge on any atom is 0.0948 e. The molecule has 0 aliphatic rings. The van der Waals surface area contributed by atoms with Gasteiger partial charge in [-0.3, -0.25) is 0 Å². The van der Waals surface area contributed by atoms with E-state index in [1.807, 2.05) is 12.5 Å². The van der Waals surface area contributed by atoms with Crippen molar-refractivity contribution < 1.29 is 0 Å². The lowest BCUT2D eigenvalue weighted by atomic mass is 10.1. The summed E-state index contributed by atoms with van der Waals surface area (Å²) in [5.74, 6) is 0.806. The van der Waals surface area contributed by atoms with Crippen LogP contribution in [0.2, 0.25) is 0 Å². The van der Waals surface area contributed by atoms with Gasteiger partial charge >= 0.3 is 0 Å². The number of nitrogens with two attached hydrogens (primary N) is 1. The molecule has 0 fully saturated rings. The SMILES string of the molecule is CC[C@@H](N)c1cncn1CCCCC(C)C. The maximum absolute atomic E-state index is 6.03. The molecule has 0 amide bonds. The van der Waals surface area contributed by atoms with E-state index in [4.69, 9.17) is 5.73 Å². The molecule has 0 saturated heterocycles. The second-order valence-electron chi connectivity index (χ2n) is 4.92. The third kappa shape index (κ3) is 3.97. The largest absolute Gasteiger partial charge is 0.333 e. The molecular formula is C13H25N3. The molecule has 0 aliphatic heterocycles. The van der Waals surface area contributed by atoms with Gasteiger partial charge < -0.3 is 10.3 Å². The Morgan fingerprint density at radius 3 is 2.75 bits per heavy atom. The monoisotopic (exact) mass is 223 g/mol. The molecule has 0 radical (unpaired) electrons. The Morgan fingerprint density at radius 1 is 1.38 bits per heavy atom. The van der Waals surface area contributed by atoms with Crippen LogP contribution in [0.4, 0.5) is 0 Å². The van der Waals surface area contributed by atoms with Gasteiger partial charge in [0.05, 0.1) is 12.0 Å². The van der Waals surface area contributed by atoms with E-state index in [9.17, 15) is 0 Å². The van der Waals surface area contributed by atoms with Crippen molar-refractivity contribution in [3.63, 3.8) is 0 Å². The maximum atomic E-state index is 6.03. The molecule has 1 atom stereocenters. The number of hydrogen-bond donors (Lipinski definition) is 1. The van der Waals surface area contributed by atoms with Gasteiger partial charge in [0.2, 0.25) is 0 Å². The van der Waals surface area contributed by atoms with E-state index < -0.39 is 0 Å². The fraction of sp³-hybridized carbons (Fsp3) is 0.769. The number of aryl methyl sites for hydroxylation is 1. The Bertz CT molecular complexity index is 291. The highest BCUT2D eigenvalue weighted by molar-refractivity contribution is 5.03. The lowest BCUT2D eigenvalue weighted by Gasteiger charge is -2.13. The number of hydrogen-bond acceptors (Lipinski definition) is 2. The first-order chi connectivity index (χ1) is 7.65. The molecule has 0 unspecified atom stereocenters. The predicted molar refractivity (Wildman–Crippen MR) is 68.1 cm³/mol. The summed E-state index contributed by atoms with van der Waals surface area (Å²) in [5.41, 5.74) is 7.20. The molecule has 0 saturated carbocycles. The Hall–Kier alpha value is -0.830. The van der Waals surface area contributed by atoms with Crippen molar-refractivity contribution in [2.75, 3.05) is 0 Å². The zero-order valence-corrected chi connectivity index (χ0v) is 10.8. The number of rotatable bonds is 7. The van der Waals surface area contributed by atoms with Crippen LogP contribution in [0, 0.1) is 5.92 Å². The molecule has 16 heavy (non-hydrogen) atoms. The summed E-state index contributed by atoms with van der Waals surface area (Å²) in [7, 11) is 0. The van der Waals surface area contributed by atoms with Crippen molar-refractivity contribution in [1.82, 2.24) is 9.55 Å². The van der Waals surface area contributed by atoms with Gasteiger partial charge in [-0.25, -0.2) is 4.98 Å². The second kappa shape index (κ2) is 6.69. The fourth-order valence-corrected chi connectivity index (χ4v) is 1.87. The zero-order chi connectivity index (χ0) is 12.0. The highest BCUT2D eigenvalue weighted by Crippen LogP contribution is 2.14. The molecule has 2 N–H and O–H groups in total. The van der Waals surface area contributed by atoms with Gasteiger partial charge in [0, 0.05) is 18.8 Å². The quantitative estimate of drug-likeness (QED) is 0.722. The minimum atomic E-state index is 0.132. The summed E-state index contributed by atoms with van der Waals surface area (Å²) in [6.45, 7) is 7.71. The van der Waals surface area contributed by atoms with E-state index in [1.165, 1.54) is 25.0 Å². The molecular weight excluding hydrogens is 198 g/mol. The van der Waals surface area contributed by atoms with Gasteiger partial charge in [0.1, 0.15) is 0 Å². The van der Waals surface area contributed by atoms with Crippen molar-refractivity contribution in [2.45, 2.75) is 59.0 Å². The van der Waals surface area contributed by atoms with Crippen LogP contribution in [0.5, 0.6) is 0 Å². The Morgan fingerprint density at radius 2 is 2.12 bits per heavy atom. The lowest BCUT2D eigenvalue weighted by Crippen LogP contribution is -2.14. The summed E-state index contributed by atoms with van der Waals surface area (Å²) in [6, 6.07) is 0.132. The first-order valence-electron chi connectivity index (χ1n) is 6.40. The first kappa shape index (κ1) is 13.2. The van der Waals surface area contributed by atoms with Crippen LogP contribution in [0.25, 0.3) is 0 Å². The Labute approximate surface area is 99.1 Å². The second-order valence-corrected chi connectivity index (χ2v) is 4.92. The van der Waals surface area contributed by atoms with E-state index in [0.29, 0.717) is 0 Å². The summed E-state index contributed by atoms with van der Waals surface area (Å²) < 4.78 is 2.20. The molecule has 3 heteroatoms. The highest BCUT2D eigenvalue weighted by atomic mass is 15.1. The zero-order valence-electron chi connectivity index (χ0n) is 10.8. The number of imidazole rings is 1. The minimum absolute atomic E-state index is 0.132. The van der Waals surface area contributed by atoms with Crippen LogP contribution in [0.3, 0.4) is 0 Å². The topological polar surface area (TPSA) is 43.8 Å². The Balaban J connectivity index is 2.39. The number of aromatic nitrogens is 2. The highest BCUT2D eigenvalue weighted by Gasteiger charge is 2.08. The first-order valence-corrected chi connectivity index (χ1v) is 6.40. The average Bonchev–Trinajstić information content (AvgIpc) is 2.71. The molecule has 0 aliphatic carbocycles. The summed E-state index contributed by atoms with van der Waals surface area (Å²) in [6.07, 6.45) is 8.59. The van der Waals surface area contributed by atoms with Crippen molar-refractivity contribution in [3.8, 4) is 0 Å². The van der Waals surface area contributed by atoms with E-state index in [2.05, 4.69) is 30.3 Å². The van der Waals surface area contributed by atoms with Gasteiger partial charge in [-0.15, -0.1) is 0 Å². The van der Waals surface area contributed by atoms with Crippen LogP contribution in [0.1, 0.15) is 58.2 Å². The summed E-state index contributed by atoms with van der Waals surface area (Å²) in [5, 5.41) is 0. The molecule has 1 heterocycles. The molecule has 0 aromatic carbocycles. The third-order valence-corrected chi connectivity index (χ3v) is 2.99. The van der Waals surface area contributed by atoms with Crippen molar-refractivity contribution >= 4 is 0 Å². The van der Waals surface area contributed by atoms with Crippen LogP contribution in [0.15, 0.2) is 12.5 Å². The summed E-state index contributed by atoms with van der Waals surface area (Å²) in [4.78, 5) is 4.19. The number of unbranched alkanes of at least 4 members (excludes halogenated alkanes) is 1. The molecule has 3 nitrogen and oxygen atoms in total. The van der Waals surface area contributed by atoms with Crippen LogP contribution < -0.4 is 5.73 Å². The van der Waals surface area contributed by atoms with E-state index in [0.717, 1.165) is 18.9 Å². The van der Waals surface area contributed by atoms with Crippen LogP contribution in [-0.2, 0) is 6.54 Å². The number of nitrogens with zero attached hydrogens (tertiary/aromatic N) is 2. The third-order valence-electron chi connectivity index (χ3n) is 2.99. The molecule has 1 rings (SSSR count). The fourth-order valence-electron chi connectivity index (χ4n) is 1.87. The van der Waals surface area contributed by atoms with Crippen LogP contribution in [-0.4, -0.2) is 9.55 Å². The predicted octanol–water partition coefficient (Wildman–Crippen LogP) is 3.12. The molecule has 1 aromatic heterocycles. The molecule has 0 spiro atoms. The van der Waals surface area contributed by atoms with E-state index in [-0.39, 0.29) is 6.04 Å². The van der Waals surface area contributed by atoms with Gasteiger partial charge in [0.15, 0.2) is 0 Å². The lowest BCUT2D eigenvalue weighted by molar-refractivity contribution is 0.496. The normalized spacial score (nSPS) is 13.3. The molecule has 1 aromatic rings. The smallest absolute Gasteiger partial charge is 0.0948 e. The Kier molecular flexibility index (Phi) is 5.53. The van der Waals surface area contributed by atoms with Gasteiger partial charge in [-0.1, -0.05) is 33.6 Å². The minimum Gasteiger partial charge on any atom is -0.333 e.